The van der Waals surface area contributed by atoms with E-state index in [0.717, 1.165) is 23.8 Å². The van der Waals surface area contributed by atoms with Crippen molar-refractivity contribution in [1.29, 1.82) is 0 Å². The predicted molar refractivity (Wildman–Crippen MR) is 69.3 cm³/mol. The van der Waals surface area contributed by atoms with Crippen LogP contribution in [0.5, 0.6) is 0 Å². The number of benzene rings is 1. The van der Waals surface area contributed by atoms with Crippen LogP contribution in [0.15, 0.2) is 37.0 Å². The van der Waals surface area contributed by atoms with Crippen LogP contribution >= 0.6 is 11.6 Å². The highest BCUT2D eigenvalue weighted by Crippen LogP contribution is 2.28. The Bertz CT molecular complexity index is 623. The lowest BCUT2D eigenvalue weighted by Crippen LogP contribution is -1.92. The van der Waals surface area contributed by atoms with Gasteiger partial charge in [-0.15, -0.1) is 0 Å². The van der Waals surface area contributed by atoms with Gasteiger partial charge >= 0.3 is 0 Å². The summed E-state index contributed by atoms with van der Waals surface area (Å²) in [5.41, 5.74) is 1.84. The summed E-state index contributed by atoms with van der Waals surface area (Å²) in [6, 6.07) is 4.72. The summed E-state index contributed by atoms with van der Waals surface area (Å²) < 4.78 is 26.7. The molecule has 0 aliphatic rings. The molecule has 0 aliphatic carbocycles. The first-order valence-electron chi connectivity index (χ1n) is 5.26. The van der Waals surface area contributed by atoms with E-state index >= 15 is 0 Å². The van der Waals surface area contributed by atoms with Gasteiger partial charge in [0.15, 0.2) is 0 Å². The molecule has 2 rings (SSSR count). The minimum absolute atomic E-state index is 0.0881. The summed E-state index contributed by atoms with van der Waals surface area (Å²) in [5, 5.41) is 0.413. The Kier molecular flexibility index (Phi) is 3.43. The zero-order valence-corrected chi connectivity index (χ0v) is 10.4. The van der Waals surface area contributed by atoms with Crippen molar-refractivity contribution in [1.82, 2.24) is 4.98 Å². The molecule has 0 saturated carbocycles. The minimum Gasteiger partial charge on any atom is -0.255 e. The monoisotopic (exact) mass is 265 g/mol. The second-order valence-electron chi connectivity index (χ2n) is 3.95. The average molecular weight is 266 g/mol. The second-order valence-corrected chi connectivity index (χ2v) is 4.36. The van der Waals surface area contributed by atoms with Gasteiger partial charge in [-0.3, -0.25) is 4.98 Å². The molecule has 0 bridgehead atoms. The first-order chi connectivity index (χ1) is 8.49. The topological polar surface area (TPSA) is 12.9 Å². The van der Waals surface area contributed by atoms with Crippen LogP contribution < -0.4 is 0 Å². The Hall–Kier alpha value is -1.74. The third-order valence-electron chi connectivity index (χ3n) is 2.52. The summed E-state index contributed by atoms with van der Waals surface area (Å²) in [4.78, 5) is 4.08. The van der Waals surface area contributed by atoms with Crippen LogP contribution in [0.3, 0.4) is 0 Å². The number of halogens is 3. The van der Waals surface area contributed by atoms with E-state index < -0.39 is 11.6 Å². The van der Waals surface area contributed by atoms with E-state index in [4.69, 9.17) is 11.6 Å². The van der Waals surface area contributed by atoms with Gasteiger partial charge in [-0.2, -0.15) is 0 Å². The lowest BCUT2D eigenvalue weighted by atomic mass is 10.1. The molecule has 0 unspecified atom stereocenters. The fourth-order valence-corrected chi connectivity index (χ4v) is 1.90. The Morgan fingerprint density at radius 3 is 2.61 bits per heavy atom. The fourth-order valence-electron chi connectivity index (χ4n) is 1.59. The van der Waals surface area contributed by atoms with Crippen LogP contribution in [0.2, 0.25) is 5.02 Å². The van der Waals surface area contributed by atoms with E-state index in [1.165, 1.54) is 12.3 Å². The highest BCUT2D eigenvalue weighted by atomic mass is 35.5. The normalized spacial score (nSPS) is 10.4. The maximum absolute atomic E-state index is 13.6. The number of aromatic nitrogens is 1. The maximum Gasteiger partial charge on any atom is 0.132 e. The number of allylic oxidation sites excluding steroid dienone is 1. The predicted octanol–water partition coefficient (Wildman–Crippen LogP) is 4.71. The highest BCUT2D eigenvalue weighted by molar-refractivity contribution is 6.32. The lowest BCUT2D eigenvalue weighted by Gasteiger charge is -2.07. The smallest absolute Gasteiger partial charge is 0.132 e. The largest absolute Gasteiger partial charge is 0.255 e. The zero-order chi connectivity index (χ0) is 13.3. The summed E-state index contributed by atoms with van der Waals surface area (Å²) >= 11 is 6.05. The van der Waals surface area contributed by atoms with Crippen LogP contribution in [0.4, 0.5) is 8.78 Å². The molecule has 1 aromatic heterocycles. The van der Waals surface area contributed by atoms with Gasteiger partial charge in [0.05, 0.1) is 10.7 Å². The van der Waals surface area contributed by atoms with Crippen molar-refractivity contribution < 1.29 is 8.78 Å². The molecule has 18 heavy (non-hydrogen) atoms. The number of pyridine rings is 1. The summed E-state index contributed by atoms with van der Waals surface area (Å²) in [6.45, 7) is 5.56. The van der Waals surface area contributed by atoms with Crippen LogP contribution in [0, 0.1) is 11.6 Å². The summed E-state index contributed by atoms with van der Waals surface area (Å²) in [5.74, 6) is -1.06. The summed E-state index contributed by atoms with van der Waals surface area (Å²) in [7, 11) is 0. The van der Waals surface area contributed by atoms with Crippen molar-refractivity contribution in [3.05, 3.63) is 59.3 Å². The van der Waals surface area contributed by atoms with Gasteiger partial charge < -0.3 is 0 Å². The fraction of sp³-hybridized carbons (Fsp3) is 0.0714. The molecule has 0 saturated heterocycles. The third-order valence-corrected chi connectivity index (χ3v) is 2.83. The first kappa shape index (κ1) is 12.7. The van der Waals surface area contributed by atoms with Gasteiger partial charge in [-0.1, -0.05) is 18.2 Å². The molecule has 0 spiro atoms. The molecule has 0 aliphatic heterocycles. The Balaban J connectivity index is 2.55. The van der Waals surface area contributed by atoms with Gasteiger partial charge in [-0.05, 0) is 36.8 Å². The van der Waals surface area contributed by atoms with Crippen LogP contribution in [0.1, 0.15) is 12.5 Å². The number of hydrogen-bond donors (Lipinski definition) is 0. The van der Waals surface area contributed by atoms with Crippen molar-refractivity contribution in [3.8, 4) is 11.3 Å². The summed E-state index contributed by atoms with van der Waals surface area (Å²) in [6.07, 6.45) is 1.50. The molecular formula is C14H10ClF2N. The van der Waals surface area contributed by atoms with Crippen molar-refractivity contribution in [2.75, 3.05) is 0 Å². The lowest BCUT2D eigenvalue weighted by molar-refractivity contribution is 0.602. The third kappa shape index (κ3) is 2.41. The molecule has 1 nitrogen and oxygen atoms in total. The van der Waals surface area contributed by atoms with Crippen LogP contribution in [-0.4, -0.2) is 4.98 Å². The van der Waals surface area contributed by atoms with Gasteiger partial charge in [0.25, 0.3) is 0 Å². The molecular weight excluding hydrogens is 256 g/mol. The molecule has 0 N–H and O–H groups in total. The maximum atomic E-state index is 13.6. The van der Waals surface area contributed by atoms with Crippen molar-refractivity contribution in [2.45, 2.75) is 6.92 Å². The van der Waals surface area contributed by atoms with Crippen molar-refractivity contribution in [2.24, 2.45) is 0 Å². The van der Waals surface area contributed by atoms with E-state index in [2.05, 4.69) is 11.6 Å². The van der Waals surface area contributed by atoms with Crippen LogP contribution in [-0.2, 0) is 0 Å². The Morgan fingerprint density at radius 1 is 1.28 bits per heavy atom. The molecule has 0 fully saturated rings. The molecule has 1 aromatic carbocycles. The molecule has 0 radical (unpaired) electrons. The molecule has 0 amide bonds. The Morgan fingerprint density at radius 2 is 2.00 bits per heavy atom. The quantitative estimate of drug-likeness (QED) is 0.766. The first-order valence-corrected chi connectivity index (χ1v) is 5.63. The van der Waals surface area contributed by atoms with Crippen LogP contribution in [0.25, 0.3) is 16.8 Å². The molecule has 4 heteroatoms. The van der Waals surface area contributed by atoms with E-state index in [9.17, 15) is 8.78 Å². The van der Waals surface area contributed by atoms with Gasteiger partial charge in [-0.25, -0.2) is 8.78 Å². The second kappa shape index (κ2) is 4.86. The number of hydrogen-bond acceptors (Lipinski definition) is 1. The average Bonchev–Trinajstić information content (AvgIpc) is 2.31. The molecule has 2 aromatic rings. The molecule has 0 atom stereocenters. The van der Waals surface area contributed by atoms with E-state index in [-0.39, 0.29) is 5.56 Å². The van der Waals surface area contributed by atoms with Gasteiger partial charge in [0.2, 0.25) is 0 Å². The Labute approximate surface area is 109 Å². The van der Waals surface area contributed by atoms with Crippen molar-refractivity contribution in [3.63, 3.8) is 0 Å². The van der Waals surface area contributed by atoms with E-state index in [1.807, 2.05) is 0 Å². The minimum atomic E-state index is -0.539. The molecule has 1 heterocycles. The number of nitrogens with zero attached hydrogens (tertiary/aromatic N) is 1. The zero-order valence-electron chi connectivity index (χ0n) is 9.67. The van der Waals surface area contributed by atoms with E-state index in [0.29, 0.717) is 16.3 Å². The number of rotatable bonds is 2. The van der Waals surface area contributed by atoms with Gasteiger partial charge in [0, 0.05) is 17.3 Å². The van der Waals surface area contributed by atoms with Crippen molar-refractivity contribution >= 4 is 17.2 Å². The SMILES string of the molecule is C=C(C)c1cnc(-c2cc(F)ccc2F)cc1Cl. The molecule has 92 valence electrons. The standard InChI is InChI=1S/C14H10ClF2N/c1-8(2)11-7-18-14(6-12(11)15)10-5-9(16)3-4-13(10)17/h3-7H,1H2,2H3. The van der Waals surface area contributed by atoms with E-state index in [1.54, 1.807) is 6.92 Å². The van der Waals surface area contributed by atoms with Gasteiger partial charge in [0.1, 0.15) is 11.6 Å². The highest BCUT2D eigenvalue weighted by Gasteiger charge is 2.10.